The summed E-state index contributed by atoms with van der Waals surface area (Å²) < 4.78 is 75.8. The highest BCUT2D eigenvalue weighted by Crippen LogP contribution is 2.43. The molecule has 10 nitrogen and oxygen atoms in total. The second-order valence-electron chi connectivity index (χ2n) is 13.5. The van der Waals surface area contributed by atoms with Gasteiger partial charge < -0.3 is 9.47 Å². The third-order valence-electron chi connectivity index (χ3n) is 9.69. The van der Waals surface area contributed by atoms with Gasteiger partial charge in [-0.1, -0.05) is 18.2 Å². The molecule has 2 fully saturated rings. The Morgan fingerprint density at radius 3 is 2.20 bits per heavy atom. The molecule has 3 unspecified atom stereocenters. The molecule has 3 atom stereocenters. The van der Waals surface area contributed by atoms with Crippen molar-refractivity contribution in [3.63, 3.8) is 0 Å². The molecule has 0 saturated heterocycles. The van der Waals surface area contributed by atoms with Crippen molar-refractivity contribution in [3.8, 4) is 22.3 Å². The zero-order valence-electron chi connectivity index (χ0n) is 27.6. The van der Waals surface area contributed by atoms with Gasteiger partial charge in [0, 0.05) is 41.8 Å². The fourth-order valence-electron chi connectivity index (χ4n) is 7.37. The van der Waals surface area contributed by atoms with Crippen molar-refractivity contribution in [2.45, 2.75) is 93.6 Å². The number of rotatable bonds is 8. The molecule has 2 saturated carbocycles. The fourth-order valence-corrected chi connectivity index (χ4v) is 8.00. The number of sulfone groups is 1. The van der Waals surface area contributed by atoms with Gasteiger partial charge in [-0.05, 0) is 106 Å². The number of aromatic nitrogens is 2. The van der Waals surface area contributed by atoms with Gasteiger partial charge in [-0.25, -0.2) is 23.1 Å². The topological polar surface area (TPSA) is 137 Å². The van der Waals surface area contributed by atoms with Crippen molar-refractivity contribution in [1.29, 1.82) is 0 Å². The third-order valence-corrected chi connectivity index (χ3v) is 10.8. The molecule has 3 aliphatic carbocycles. The Balaban J connectivity index is 1.12. The molecule has 2 N–H and O–H groups in total. The first-order chi connectivity index (χ1) is 23.8. The Morgan fingerprint density at radius 1 is 0.880 bits per heavy atom. The number of alkyl halides is 3. The zero-order valence-corrected chi connectivity index (χ0v) is 28.4. The van der Waals surface area contributed by atoms with E-state index in [0.29, 0.717) is 47.8 Å². The minimum Gasteiger partial charge on any atom is -0.495 e. The lowest BCUT2D eigenvalue weighted by Gasteiger charge is -2.41. The Labute approximate surface area is 288 Å². The predicted molar refractivity (Wildman–Crippen MR) is 179 cm³/mol. The summed E-state index contributed by atoms with van der Waals surface area (Å²) in [4.78, 5) is 25.9. The number of ether oxygens (including phenoxy) is 2. The smallest absolute Gasteiger partial charge is 0.433 e. The van der Waals surface area contributed by atoms with Gasteiger partial charge in [0.15, 0.2) is 9.84 Å². The number of nitrogens with zero attached hydrogens (tertiary/aromatic N) is 2. The average Bonchev–Trinajstić information content (AvgIpc) is 3.06. The van der Waals surface area contributed by atoms with E-state index in [1.807, 2.05) is 0 Å². The number of hydrogen-bond donors (Lipinski definition) is 2. The Bertz CT molecular complexity index is 1790. The molecule has 2 bridgehead atoms. The van der Waals surface area contributed by atoms with Crippen LogP contribution in [0.3, 0.4) is 0 Å². The van der Waals surface area contributed by atoms with Crippen LogP contribution >= 0.6 is 0 Å². The molecule has 1 amide bonds. The maximum absolute atomic E-state index is 13.2. The lowest BCUT2D eigenvalue weighted by atomic mass is 9.70. The maximum Gasteiger partial charge on any atom is 0.433 e. The molecule has 14 heteroatoms. The summed E-state index contributed by atoms with van der Waals surface area (Å²) >= 11 is 0. The number of allylic oxidation sites excluding steroid dienone is 2. The first-order valence-corrected chi connectivity index (χ1v) is 18.7. The molecule has 6 rings (SSSR count). The number of pyridine rings is 2. The lowest BCUT2D eigenvalue weighted by molar-refractivity contribution is -0.292. The highest BCUT2D eigenvalue weighted by Gasteiger charge is 2.38. The van der Waals surface area contributed by atoms with Crippen molar-refractivity contribution in [2.75, 3.05) is 11.6 Å². The van der Waals surface area contributed by atoms with Crippen LogP contribution in [0.4, 0.5) is 23.8 Å². The highest BCUT2D eigenvalue weighted by atomic mass is 32.2. The number of amides is 1. The second-order valence-corrected chi connectivity index (χ2v) is 15.5. The summed E-state index contributed by atoms with van der Waals surface area (Å²) in [5.41, 5.74) is 0.685. The van der Waals surface area contributed by atoms with E-state index in [4.69, 9.17) is 14.7 Å². The van der Waals surface area contributed by atoms with Crippen LogP contribution in [0, 0.1) is 11.8 Å². The van der Waals surface area contributed by atoms with E-state index in [-0.39, 0.29) is 34.6 Å². The summed E-state index contributed by atoms with van der Waals surface area (Å²) in [6.45, 7) is 0. The van der Waals surface area contributed by atoms with Crippen LogP contribution in [0.25, 0.3) is 22.3 Å². The summed E-state index contributed by atoms with van der Waals surface area (Å²) in [5, 5.41) is 11.8. The molecule has 0 aliphatic heterocycles. The van der Waals surface area contributed by atoms with Gasteiger partial charge in [-0.2, -0.15) is 13.2 Å². The van der Waals surface area contributed by atoms with Gasteiger partial charge in [-0.3, -0.25) is 15.6 Å². The van der Waals surface area contributed by atoms with Crippen molar-refractivity contribution >= 4 is 21.7 Å². The monoisotopic (exact) mass is 715 g/mol. The van der Waals surface area contributed by atoms with E-state index in [0.717, 1.165) is 69.2 Å². The minimum atomic E-state index is -4.62. The molecular weight excluding hydrogens is 675 g/mol. The fraction of sp³-hybridized carbons (Fsp3) is 0.472. The number of nitrogens with one attached hydrogen (secondary N) is 1. The van der Waals surface area contributed by atoms with Crippen LogP contribution in [-0.4, -0.2) is 54.3 Å². The molecule has 50 heavy (non-hydrogen) atoms. The number of carbonyl (C=O) groups excluding carboxylic acids is 1. The number of anilines is 1. The molecule has 1 aromatic carbocycles. The molecule has 0 radical (unpaired) electrons. The van der Waals surface area contributed by atoms with Crippen LogP contribution in [0.1, 0.15) is 69.9 Å². The van der Waals surface area contributed by atoms with Crippen LogP contribution in [0.5, 0.6) is 0 Å². The molecule has 3 aliphatic rings. The van der Waals surface area contributed by atoms with Gasteiger partial charge in [0.1, 0.15) is 17.6 Å². The quantitative estimate of drug-likeness (QED) is 0.174. The molecular formula is C36H40F3N3O7S. The molecule has 2 heterocycles. The van der Waals surface area contributed by atoms with E-state index in [2.05, 4.69) is 26.2 Å². The SMILES string of the molecule is CS(=O)(=O)c1ccc(-c2cnc(NC(=O)OC3CC/C=C(/OC4CC5CC(CC(OO)C5)C4)CCC3)c(-c3ccc(C(F)(F)F)nc3)c2)cc1. The summed E-state index contributed by atoms with van der Waals surface area (Å²) in [7, 11) is -3.42. The Morgan fingerprint density at radius 2 is 1.56 bits per heavy atom. The van der Waals surface area contributed by atoms with Gasteiger partial charge in [0.25, 0.3) is 0 Å². The first-order valence-electron chi connectivity index (χ1n) is 16.8. The summed E-state index contributed by atoms with van der Waals surface area (Å²) in [5.74, 6) is 2.03. The van der Waals surface area contributed by atoms with Crippen molar-refractivity contribution in [2.24, 2.45) is 11.8 Å². The van der Waals surface area contributed by atoms with Crippen LogP contribution in [-0.2, 0) is 30.4 Å². The standard InChI is InChI=1S/C36H40F3N3O7S/c1-50(45,46)31-11-8-24(9-12-31)26-19-32(25-10-13-33(40-20-25)36(37,38)39)34(41-21-26)42-35(43)48-28-6-2-4-27(5-3-7-28)47-29-15-22-14-23(16-29)18-30(17-22)49-44/h4,8-13,19-23,28-30,44H,2-3,5-7,14-18H2,1H3,(H,41,42,43)/b27-4+. The number of hydrogen-bond acceptors (Lipinski definition) is 9. The van der Waals surface area contributed by atoms with E-state index >= 15 is 0 Å². The predicted octanol–water partition coefficient (Wildman–Crippen LogP) is 8.45. The molecule has 268 valence electrons. The Kier molecular flexibility index (Phi) is 10.8. The van der Waals surface area contributed by atoms with E-state index < -0.39 is 27.8 Å². The maximum atomic E-state index is 13.2. The number of benzene rings is 1. The van der Waals surface area contributed by atoms with Crippen molar-refractivity contribution in [1.82, 2.24) is 9.97 Å². The zero-order chi connectivity index (χ0) is 35.5. The van der Waals surface area contributed by atoms with E-state index in [9.17, 15) is 26.4 Å². The number of fused-ring (bicyclic) bond motifs is 2. The highest BCUT2D eigenvalue weighted by molar-refractivity contribution is 7.90. The first kappa shape index (κ1) is 35.8. The van der Waals surface area contributed by atoms with E-state index in [1.165, 1.54) is 24.4 Å². The van der Waals surface area contributed by atoms with Crippen molar-refractivity contribution < 1.29 is 46.0 Å². The van der Waals surface area contributed by atoms with Gasteiger partial charge >= 0.3 is 12.3 Å². The summed E-state index contributed by atoms with van der Waals surface area (Å²) in [6.07, 6.45) is 8.24. The van der Waals surface area contributed by atoms with Gasteiger partial charge in [0.2, 0.25) is 0 Å². The minimum absolute atomic E-state index is 0.0728. The van der Waals surface area contributed by atoms with Gasteiger partial charge in [-0.15, -0.1) is 0 Å². The third kappa shape index (κ3) is 9.01. The normalized spacial score (nSPS) is 25.4. The Hall–Kier alpha value is -4.01. The lowest BCUT2D eigenvalue weighted by Crippen LogP contribution is -2.37. The molecule has 3 aromatic rings. The molecule has 0 spiro atoms. The summed E-state index contributed by atoms with van der Waals surface area (Å²) in [6, 6.07) is 9.86. The molecule has 2 aromatic heterocycles. The largest absolute Gasteiger partial charge is 0.495 e. The van der Waals surface area contributed by atoms with Crippen LogP contribution < -0.4 is 5.32 Å². The van der Waals surface area contributed by atoms with E-state index in [1.54, 1.807) is 18.2 Å². The van der Waals surface area contributed by atoms with Crippen LogP contribution in [0.2, 0.25) is 0 Å². The van der Waals surface area contributed by atoms with Gasteiger partial charge in [0.05, 0.1) is 22.9 Å². The van der Waals surface area contributed by atoms with Crippen molar-refractivity contribution in [3.05, 3.63) is 72.4 Å². The van der Waals surface area contributed by atoms with Crippen LogP contribution in [0.15, 0.2) is 71.6 Å². The number of halogens is 3. The second kappa shape index (κ2) is 15.1. The average molecular weight is 716 g/mol. The number of carbonyl (C=O) groups is 1.